The van der Waals surface area contributed by atoms with E-state index in [1.54, 1.807) is 50.2 Å². The lowest BCUT2D eigenvalue weighted by Gasteiger charge is -2.10. The van der Waals surface area contributed by atoms with Crippen LogP contribution in [0.25, 0.3) is 10.9 Å². The zero-order chi connectivity index (χ0) is 66.7. The van der Waals surface area contributed by atoms with Gasteiger partial charge in [0.15, 0.2) is 23.3 Å². The molecule has 0 aliphatic carbocycles. The van der Waals surface area contributed by atoms with Gasteiger partial charge in [-0.15, -0.1) is 5.10 Å². The van der Waals surface area contributed by atoms with Crippen LogP contribution in [0.1, 0.15) is 178 Å². The van der Waals surface area contributed by atoms with Crippen LogP contribution in [0.4, 0.5) is 28.9 Å². The number of hydrogen-bond acceptors (Lipinski definition) is 10. The van der Waals surface area contributed by atoms with E-state index in [-0.39, 0.29) is 93.5 Å². The van der Waals surface area contributed by atoms with Gasteiger partial charge in [-0.1, -0.05) is 203 Å². The first-order valence-electron chi connectivity index (χ1n) is 28.8. The van der Waals surface area contributed by atoms with Crippen LogP contribution in [0.5, 0.6) is 0 Å². The Morgan fingerprint density at radius 2 is 1.02 bits per heavy atom. The minimum atomic E-state index is -1.74. The van der Waals surface area contributed by atoms with Gasteiger partial charge in [0.25, 0.3) is 16.9 Å². The van der Waals surface area contributed by atoms with Crippen molar-refractivity contribution in [2.24, 2.45) is 5.92 Å². The third kappa shape index (κ3) is 29.8. The molecule has 3 amide bonds. The van der Waals surface area contributed by atoms with Crippen LogP contribution in [0.15, 0.2) is 77.6 Å². The van der Waals surface area contributed by atoms with Gasteiger partial charge in [0.05, 0.1) is 40.3 Å². The van der Waals surface area contributed by atoms with Gasteiger partial charge in [0.2, 0.25) is 17.7 Å². The number of carbonyl (C=O) groups is 3. The van der Waals surface area contributed by atoms with Crippen molar-refractivity contribution in [3.8, 4) is 0 Å². The Morgan fingerprint density at radius 3 is 1.40 bits per heavy atom. The molecular weight excluding hydrogens is 1270 g/mol. The van der Waals surface area contributed by atoms with Gasteiger partial charge in [-0.2, -0.15) is 0 Å². The molecule has 2 saturated heterocycles. The minimum Gasteiger partial charge on any atom is -0.343 e. The zero-order valence-corrected chi connectivity index (χ0v) is 55.7. The highest BCUT2D eigenvalue weighted by atomic mass is 35.5. The molecule has 0 spiro atoms. The molecule has 6 aromatic rings. The fourth-order valence-electron chi connectivity index (χ4n) is 7.16. The number of aryl methyl sites for hydroxylation is 3. The molecule has 24 heteroatoms. The molecule has 5 aromatic carbocycles. The second-order valence-electron chi connectivity index (χ2n) is 19.3. The van der Waals surface area contributed by atoms with Crippen molar-refractivity contribution in [1.29, 1.82) is 0 Å². The Labute approximate surface area is 556 Å². The molecule has 2 aliphatic heterocycles. The molecule has 2 fully saturated rings. The monoisotopic (exact) mass is 1360 g/mol. The first kappa shape index (κ1) is 90.2. The number of rotatable bonds is 11. The van der Waals surface area contributed by atoms with Crippen LogP contribution in [0, 0.1) is 56.3 Å². The number of fused-ring (bicyclic) bond motifs is 1. The topological polar surface area (TPSA) is 192 Å². The number of non-ortho nitro benzene ring substituents is 2. The van der Waals surface area contributed by atoms with Crippen LogP contribution >= 0.6 is 58.0 Å². The van der Waals surface area contributed by atoms with E-state index in [9.17, 15) is 57.0 Å². The van der Waals surface area contributed by atoms with Gasteiger partial charge >= 0.3 is 0 Å². The number of unbranched alkanes of at least 4 members (excludes halogenated alkanes) is 1. The number of nitro benzene ring substituents is 2. The number of amides is 3. The van der Waals surface area contributed by atoms with Crippen molar-refractivity contribution in [3.63, 3.8) is 0 Å². The second-order valence-corrected chi connectivity index (χ2v) is 21.2. The lowest BCUT2D eigenvalue weighted by Crippen LogP contribution is -2.28. The summed E-state index contributed by atoms with van der Waals surface area (Å²) in [4.78, 5) is 66.7. The summed E-state index contributed by atoms with van der Waals surface area (Å²) >= 11 is 29.3. The van der Waals surface area contributed by atoms with Crippen LogP contribution in [-0.2, 0) is 46.6 Å². The van der Waals surface area contributed by atoms with Gasteiger partial charge in [-0.3, -0.25) is 44.3 Å². The third-order valence-corrected chi connectivity index (χ3v) is 15.3. The van der Waals surface area contributed by atoms with Crippen LogP contribution in [-0.4, -0.2) is 72.0 Å². The van der Waals surface area contributed by atoms with Crippen molar-refractivity contribution in [3.05, 3.63) is 180 Å². The molecule has 0 radical (unpaired) electrons. The summed E-state index contributed by atoms with van der Waals surface area (Å²) in [5.41, 5.74) is 3.46. The molecule has 0 unspecified atom stereocenters. The lowest BCUT2D eigenvalue weighted by atomic mass is 10.0. The number of hydrogen-bond donors (Lipinski definition) is 0. The standard InChI is InChI=1S/C9H8F4.C9H9N3O.C8H5Cl5.2C8H9NO2.C6H9NO2.C6H11NO.C5H12.C4H10.3CH4/c1-3-5-4(2)6(10)8(12)9(13)7(5)11;1-2-12-9(13)7-5-3-4-6-8(7)10-11-12;1-2-3-4(9)6(11)8(13)7(12)5(3)10;1-2-7-3-5-8(6-4-7)9(10)11;1-2-7-4-3-5-8(6-7)9(10)11;1-2-7-5(8)3-4-6(7)9;1-2-7-5-3-4-6(7)8;1-4-5(2)3;1-3-4-2;;;/h3H2,1-2H3;3-6H,2H2,1H3;2H2,1H3;2*3-6H,2H2,1H3;2-4H2,1H3;2-5H2,1H3;5H,4H2,1-3H3;3-4H2,1-2H3;3*1H4. The Bertz CT molecular complexity index is 3070. The summed E-state index contributed by atoms with van der Waals surface area (Å²) in [6.07, 6.45) is 9.14. The quantitative estimate of drug-likeness (QED) is 0.0301. The van der Waals surface area contributed by atoms with E-state index in [2.05, 4.69) is 44.9 Å². The molecule has 90 heavy (non-hydrogen) atoms. The highest BCUT2D eigenvalue weighted by Gasteiger charge is 2.27. The van der Waals surface area contributed by atoms with E-state index in [0.717, 1.165) is 61.4 Å². The maximum Gasteiger partial charge on any atom is 0.277 e. The summed E-state index contributed by atoms with van der Waals surface area (Å²) in [6.45, 7) is 28.3. The largest absolute Gasteiger partial charge is 0.343 e. The van der Waals surface area contributed by atoms with Crippen LogP contribution < -0.4 is 5.56 Å². The van der Waals surface area contributed by atoms with Gasteiger partial charge in [0, 0.05) is 69.7 Å². The molecule has 1 aromatic heterocycles. The summed E-state index contributed by atoms with van der Waals surface area (Å²) in [5.74, 6) is -4.92. The molecule has 3 heterocycles. The lowest BCUT2D eigenvalue weighted by molar-refractivity contribution is -0.385. The molecule has 2 aliphatic rings. The summed E-state index contributed by atoms with van der Waals surface area (Å²) in [7, 11) is 0. The fourth-order valence-corrected chi connectivity index (χ4v) is 8.60. The highest BCUT2D eigenvalue weighted by molar-refractivity contribution is 6.55. The maximum absolute atomic E-state index is 12.9. The van der Waals surface area contributed by atoms with Gasteiger partial charge in [-0.25, -0.2) is 22.2 Å². The Hall–Kier alpha value is -6.25. The molecule has 8 rings (SSSR count). The molecule has 0 N–H and O–H groups in total. The highest BCUT2D eigenvalue weighted by Crippen LogP contribution is 2.44. The van der Waals surface area contributed by atoms with Gasteiger partial charge in [0.1, 0.15) is 5.52 Å². The van der Waals surface area contributed by atoms with Crippen molar-refractivity contribution in [2.45, 2.75) is 189 Å². The number of nitrogens with zero attached hydrogens (tertiary/aromatic N) is 7. The van der Waals surface area contributed by atoms with Gasteiger partial charge < -0.3 is 4.90 Å². The fraction of sp³-hybridized carbons (Fsp3) is 0.485. The minimum absolute atomic E-state index is 0. The molecular formula is C66H94Cl5F4N7O8. The number of carbonyl (C=O) groups excluding carboxylic acids is 3. The number of likely N-dealkylation sites (tertiary alicyclic amines) is 2. The molecule has 504 valence electrons. The smallest absolute Gasteiger partial charge is 0.277 e. The van der Waals surface area contributed by atoms with Crippen molar-refractivity contribution in [2.75, 3.05) is 19.6 Å². The maximum atomic E-state index is 12.9. The van der Waals surface area contributed by atoms with Crippen molar-refractivity contribution >= 4 is 98.0 Å². The number of aromatic nitrogens is 3. The normalized spacial score (nSPS) is 11.5. The molecule has 0 bridgehead atoms. The number of benzene rings is 5. The van der Waals surface area contributed by atoms with E-state index in [4.69, 9.17) is 58.0 Å². The van der Waals surface area contributed by atoms with Crippen molar-refractivity contribution in [1.82, 2.24) is 24.8 Å². The van der Waals surface area contributed by atoms with E-state index in [1.165, 1.54) is 54.0 Å². The number of nitro groups is 2. The van der Waals surface area contributed by atoms with E-state index in [1.807, 2.05) is 57.7 Å². The second kappa shape index (κ2) is 48.5. The molecule has 0 atom stereocenters. The summed E-state index contributed by atoms with van der Waals surface area (Å²) < 4.78 is 52.3. The average Bonchev–Trinajstić information content (AvgIpc) is 1.15. The number of halogens is 9. The van der Waals surface area contributed by atoms with Crippen molar-refractivity contribution < 1.29 is 41.8 Å². The van der Waals surface area contributed by atoms with Gasteiger partial charge in [-0.05, 0) is 106 Å². The van der Waals surface area contributed by atoms with E-state index >= 15 is 0 Å². The third-order valence-electron chi connectivity index (χ3n) is 13.0. The summed E-state index contributed by atoms with van der Waals surface area (Å²) in [5, 5.41) is 30.3. The number of imide groups is 1. The zero-order valence-electron chi connectivity index (χ0n) is 51.9. The van der Waals surface area contributed by atoms with Crippen LogP contribution in [0.2, 0.25) is 25.1 Å². The molecule has 0 saturated carbocycles. The Balaban J connectivity index is -0.000000468. The van der Waals surface area contributed by atoms with E-state index in [0.29, 0.717) is 59.2 Å². The Kier molecular flexibility index (Phi) is 48.6. The predicted molar refractivity (Wildman–Crippen MR) is 365 cm³/mol. The predicted octanol–water partition coefficient (Wildman–Crippen LogP) is 20.3. The first-order valence-corrected chi connectivity index (χ1v) is 30.7. The van der Waals surface area contributed by atoms with E-state index < -0.39 is 23.3 Å². The van der Waals surface area contributed by atoms with Crippen LogP contribution in [0.3, 0.4) is 0 Å². The first-order chi connectivity index (χ1) is 41.1. The Morgan fingerprint density at radius 1 is 0.544 bits per heavy atom. The average molecular weight is 1370 g/mol. The molecule has 15 nitrogen and oxygen atoms in total. The SMILES string of the molecule is C.C.C.CCC(C)C.CCCC.CCN1C(=O)CCC1=O.CCN1CCCC1=O.CCc1c(C)c(F)c(F)c(F)c1F.CCc1c(Cl)c(Cl)c(Cl)c(Cl)c1Cl.CCc1ccc([N+](=O)[O-])cc1.CCc1cccc([N+](=O)[O-])c1.CCn1nnc2ccccc2c1=O. The summed E-state index contributed by atoms with van der Waals surface area (Å²) in [6, 6.07) is 20.5.